The normalized spacial score (nSPS) is 27.4. The molecule has 0 aromatic heterocycles. The van der Waals surface area contributed by atoms with Crippen molar-refractivity contribution in [1.29, 1.82) is 0 Å². The SMILES string of the molecule is COc1ccc(C2CCOC2)cc1C1CCCCN1. The highest BCUT2D eigenvalue weighted by atomic mass is 16.5. The molecule has 2 aliphatic heterocycles. The number of hydrogen-bond donors (Lipinski definition) is 1. The molecule has 2 unspecified atom stereocenters. The first-order valence-electron chi connectivity index (χ1n) is 7.37. The van der Waals surface area contributed by atoms with Crippen LogP contribution in [0, 0.1) is 0 Å². The largest absolute Gasteiger partial charge is 0.496 e. The highest BCUT2D eigenvalue weighted by molar-refractivity contribution is 5.41. The summed E-state index contributed by atoms with van der Waals surface area (Å²) in [4.78, 5) is 0. The summed E-state index contributed by atoms with van der Waals surface area (Å²) in [5.74, 6) is 1.58. The molecule has 3 heteroatoms. The lowest BCUT2D eigenvalue weighted by atomic mass is 9.91. The molecule has 2 fully saturated rings. The number of rotatable bonds is 3. The van der Waals surface area contributed by atoms with Gasteiger partial charge in [-0.05, 0) is 37.4 Å². The molecule has 19 heavy (non-hydrogen) atoms. The van der Waals surface area contributed by atoms with Gasteiger partial charge in [0, 0.05) is 24.1 Å². The average Bonchev–Trinajstić information content (AvgIpc) is 3.02. The van der Waals surface area contributed by atoms with Crippen LogP contribution in [0.2, 0.25) is 0 Å². The fourth-order valence-electron chi connectivity index (χ4n) is 3.19. The van der Waals surface area contributed by atoms with Gasteiger partial charge in [-0.15, -0.1) is 0 Å². The first kappa shape index (κ1) is 12.9. The number of methoxy groups -OCH3 is 1. The summed E-state index contributed by atoms with van der Waals surface area (Å²) in [6.45, 7) is 2.88. The van der Waals surface area contributed by atoms with Crippen LogP contribution < -0.4 is 10.1 Å². The summed E-state index contributed by atoms with van der Waals surface area (Å²) < 4.78 is 11.1. The van der Waals surface area contributed by atoms with Gasteiger partial charge in [-0.2, -0.15) is 0 Å². The Labute approximate surface area is 115 Å². The average molecular weight is 261 g/mol. The van der Waals surface area contributed by atoms with E-state index in [2.05, 4.69) is 23.5 Å². The Morgan fingerprint density at radius 3 is 2.89 bits per heavy atom. The van der Waals surface area contributed by atoms with Crippen molar-refractivity contribution in [2.24, 2.45) is 0 Å². The molecule has 2 atom stereocenters. The Morgan fingerprint density at radius 1 is 1.26 bits per heavy atom. The van der Waals surface area contributed by atoms with E-state index in [-0.39, 0.29) is 0 Å². The Kier molecular flexibility index (Phi) is 4.04. The van der Waals surface area contributed by atoms with Crippen LogP contribution in [-0.4, -0.2) is 26.9 Å². The molecule has 3 rings (SSSR count). The highest BCUT2D eigenvalue weighted by Gasteiger charge is 2.22. The minimum absolute atomic E-state index is 0.450. The second kappa shape index (κ2) is 5.93. The van der Waals surface area contributed by atoms with Gasteiger partial charge in [0.15, 0.2) is 0 Å². The maximum atomic E-state index is 5.54. The van der Waals surface area contributed by atoms with Gasteiger partial charge in [-0.25, -0.2) is 0 Å². The Balaban J connectivity index is 1.87. The topological polar surface area (TPSA) is 30.5 Å². The molecular formula is C16H23NO2. The van der Waals surface area contributed by atoms with E-state index in [4.69, 9.17) is 9.47 Å². The summed E-state index contributed by atoms with van der Waals surface area (Å²) in [6.07, 6.45) is 4.94. The summed E-state index contributed by atoms with van der Waals surface area (Å²) >= 11 is 0. The van der Waals surface area contributed by atoms with Crippen molar-refractivity contribution in [2.45, 2.75) is 37.6 Å². The smallest absolute Gasteiger partial charge is 0.123 e. The third kappa shape index (κ3) is 2.77. The molecule has 1 aromatic rings. The number of ether oxygens (including phenoxy) is 2. The van der Waals surface area contributed by atoms with Gasteiger partial charge in [-0.1, -0.05) is 18.6 Å². The summed E-state index contributed by atoms with van der Waals surface area (Å²) in [5.41, 5.74) is 2.73. The first-order valence-corrected chi connectivity index (χ1v) is 7.37. The van der Waals surface area contributed by atoms with Crippen LogP contribution in [0.25, 0.3) is 0 Å². The molecule has 2 aliphatic rings. The van der Waals surface area contributed by atoms with Crippen molar-refractivity contribution >= 4 is 0 Å². The van der Waals surface area contributed by atoms with Crippen LogP contribution in [0.15, 0.2) is 18.2 Å². The van der Waals surface area contributed by atoms with Crippen LogP contribution in [0.4, 0.5) is 0 Å². The quantitative estimate of drug-likeness (QED) is 0.907. The molecule has 0 spiro atoms. The van der Waals surface area contributed by atoms with Crippen LogP contribution >= 0.6 is 0 Å². The van der Waals surface area contributed by atoms with E-state index in [1.165, 1.54) is 30.4 Å². The number of nitrogens with one attached hydrogen (secondary N) is 1. The molecular weight excluding hydrogens is 238 g/mol. The predicted octanol–water partition coefficient (Wildman–Crippen LogP) is 3.01. The van der Waals surface area contributed by atoms with Crippen LogP contribution in [-0.2, 0) is 4.74 Å². The first-order chi connectivity index (χ1) is 9.38. The fourth-order valence-corrected chi connectivity index (χ4v) is 3.19. The molecule has 2 heterocycles. The van der Waals surface area contributed by atoms with E-state index in [1.54, 1.807) is 7.11 Å². The predicted molar refractivity (Wildman–Crippen MR) is 75.8 cm³/mol. The van der Waals surface area contributed by atoms with Crippen LogP contribution in [0.3, 0.4) is 0 Å². The van der Waals surface area contributed by atoms with Gasteiger partial charge in [0.25, 0.3) is 0 Å². The standard InChI is InChI=1S/C16H23NO2/c1-18-16-6-5-12(13-7-9-19-11-13)10-14(16)15-4-2-3-8-17-15/h5-6,10,13,15,17H,2-4,7-9,11H2,1H3. The lowest BCUT2D eigenvalue weighted by Gasteiger charge is -2.26. The van der Waals surface area contributed by atoms with Crippen molar-refractivity contribution in [1.82, 2.24) is 5.32 Å². The van der Waals surface area contributed by atoms with Gasteiger partial charge < -0.3 is 14.8 Å². The lowest BCUT2D eigenvalue weighted by molar-refractivity contribution is 0.194. The summed E-state index contributed by atoms with van der Waals surface area (Å²) in [5, 5.41) is 3.62. The van der Waals surface area contributed by atoms with Crippen molar-refractivity contribution in [3.8, 4) is 5.75 Å². The zero-order chi connectivity index (χ0) is 13.1. The molecule has 104 valence electrons. The van der Waals surface area contributed by atoms with Crippen LogP contribution in [0.1, 0.15) is 48.8 Å². The minimum Gasteiger partial charge on any atom is -0.496 e. The lowest BCUT2D eigenvalue weighted by Crippen LogP contribution is -2.27. The second-order valence-corrected chi connectivity index (χ2v) is 5.56. The Hall–Kier alpha value is -1.06. The fraction of sp³-hybridized carbons (Fsp3) is 0.625. The molecule has 0 saturated carbocycles. The molecule has 0 aliphatic carbocycles. The van der Waals surface area contributed by atoms with Crippen LogP contribution in [0.5, 0.6) is 5.75 Å². The third-order valence-electron chi connectivity index (χ3n) is 4.34. The zero-order valence-electron chi connectivity index (χ0n) is 11.7. The summed E-state index contributed by atoms with van der Waals surface area (Å²) in [7, 11) is 1.76. The maximum absolute atomic E-state index is 5.54. The molecule has 1 N–H and O–H groups in total. The third-order valence-corrected chi connectivity index (χ3v) is 4.34. The maximum Gasteiger partial charge on any atom is 0.123 e. The molecule has 2 saturated heterocycles. The summed E-state index contributed by atoms with van der Waals surface area (Å²) in [6, 6.07) is 7.11. The van der Waals surface area contributed by atoms with Gasteiger partial charge in [0.1, 0.15) is 5.75 Å². The van der Waals surface area contributed by atoms with Crippen molar-refractivity contribution in [3.63, 3.8) is 0 Å². The van der Waals surface area contributed by atoms with Gasteiger partial charge in [0.05, 0.1) is 13.7 Å². The van der Waals surface area contributed by atoms with Gasteiger partial charge in [0.2, 0.25) is 0 Å². The molecule has 1 aromatic carbocycles. The number of hydrogen-bond acceptors (Lipinski definition) is 3. The van der Waals surface area contributed by atoms with E-state index in [0.29, 0.717) is 12.0 Å². The number of benzene rings is 1. The highest BCUT2D eigenvalue weighted by Crippen LogP contribution is 2.34. The molecule has 0 bridgehead atoms. The van der Waals surface area contributed by atoms with Gasteiger partial charge >= 0.3 is 0 Å². The monoisotopic (exact) mass is 261 g/mol. The van der Waals surface area contributed by atoms with Crippen molar-refractivity contribution in [3.05, 3.63) is 29.3 Å². The molecule has 0 radical (unpaired) electrons. The van der Waals surface area contributed by atoms with E-state index in [0.717, 1.165) is 31.9 Å². The Bertz CT molecular complexity index is 421. The van der Waals surface area contributed by atoms with Crippen molar-refractivity contribution in [2.75, 3.05) is 26.9 Å². The Morgan fingerprint density at radius 2 is 2.21 bits per heavy atom. The van der Waals surface area contributed by atoms with E-state index < -0.39 is 0 Å². The number of piperidine rings is 1. The minimum atomic E-state index is 0.450. The van der Waals surface area contributed by atoms with Gasteiger partial charge in [-0.3, -0.25) is 0 Å². The van der Waals surface area contributed by atoms with Crippen molar-refractivity contribution < 1.29 is 9.47 Å². The van der Waals surface area contributed by atoms with E-state index in [1.807, 2.05) is 0 Å². The van der Waals surface area contributed by atoms with E-state index >= 15 is 0 Å². The molecule has 3 nitrogen and oxygen atoms in total. The second-order valence-electron chi connectivity index (χ2n) is 5.56. The molecule has 0 amide bonds. The van der Waals surface area contributed by atoms with E-state index in [9.17, 15) is 0 Å². The zero-order valence-corrected chi connectivity index (χ0v) is 11.7.